The highest BCUT2D eigenvalue weighted by Crippen LogP contribution is 2.34. The van der Waals surface area contributed by atoms with Gasteiger partial charge in [-0.15, -0.1) is 0 Å². The second kappa shape index (κ2) is 7.76. The van der Waals surface area contributed by atoms with Crippen molar-refractivity contribution in [2.45, 2.75) is 19.0 Å². The zero-order valence-electron chi connectivity index (χ0n) is 14.4. The molecule has 2 heterocycles. The highest BCUT2D eigenvalue weighted by molar-refractivity contribution is 5.55. The van der Waals surface area contributed by atoms with Gasteiger partial charge in [-0.1, -0.05) is 30.3 Å². The topological polar surface area (TPSA) is 45.8 Å². The van der Waals surface area contributed by atoms with Gasteiger partial charge in [-0.3, -0.25) is 4.90 Å². The van der Waals surface area contributed by atoms with Crippen LogP contribution >= 0.6 is 0 Å². The lowest BCUT2D eigenvalue weighted by molar-refractivity contribution is 0.174. The summed E-state index contributed by atoms with van der Waals surface area (Å²) in [7, 11) is 0. The minimum atomic E-state index is 0.321. The van der Waals surface area contributed by atoms with Gasteiger partial charge in [0, 0.05) is 50.5 Å². The molecule has 0 aromatic heterocycles. The van der Waals surface area contributed by atoms with Crippen LogP contribution in [0.5, 0.6) is 11.5 Å². The Hall–Kier alpha value is -2.24. The molecule has 0 unspecified atom stereocenters. The first-order valence-corrected chi connectivity index (χ1v) is 9.00. The first-order chi connectivity index (χ1) is 12.4. The lowest BCUT2D eigenvalue weighted by Crippen LogP contribution is -2.50. The van der Waals surface area contributed by atoms with Crippen LogP contribution in [0, 0.1) is 0 Å². The molecule has 2 N–H and O–H groups in total. The molecule has 5 nitrogen and oxygen atoms in total. The molecule has 0 spiro atoms. The average molecular weight is 339 g/mol. The number of piperazine rings is 1. The summed E-state index contributed by atoms with van der Waals surface area (Å²) in [5.74, 6) is 1.66. The number of hydrogen-bond donors (Lipinski definition) is 2. The highest BCUT2D eigenvalue weighted by atomic mass is 16.7. The molecular formula is C20H25N3O2. The van der Waals surface area contributed by atoms with Gasteiger partial charge in [-0.2, -0.15) is 0 Å². The Morgan fingerprint density at radius 2 is 1.96 bits per heavy atom. The van der Waals surface area contributed by atoms with E-state index >= 15 is 0 Å². The first-order valence-electron chi connectivity index (χ1n) is 9.00. The summed E-state index contributed by atoms with van der Waals surface area (Å²) in [4.78, 5) is 2.54. The van der Waals surface area contributed by atoms with Crippen molar-refractivity contribution in [3.63, 3.8) is 0 Å². The quantitative estimate of drug-likeness (QED) is 0.847. The van der Waals surface area contributed by atoms with Crippen molar-refractivity contribution in [3.8, 4) is 11.5 Å². The molecule has 4 rings (SSSR count). The maximum atomic E-state index is 5.42. The second-order valence-electron chi connectivity index (χ2n) is 6.66. The van der Waals surface area contributed by atoms with Crippen molar-refractivity contribution in [2.24, 2.45) is 0 Å². The molecule has 2 aliphatic rings. The van der Waals surface area contributed by atoms with E-state index in [1.165, 1.54) is 5.56 Å². The lowest BCUT2D eigenvalue weighted by Gasteiger charge is -2.34. The Bertz CT molecular complexity index is 693. The van der Waals surface area contributed by atoms with Crippen LogP contribution < -0.4 is 20.1 Å². The molecular weight excluding hydrogens is 314 g/mol. The zero-order valence-corrected chi connectivity index (χ0v) is 14.4. The van der Waals surface area contributed by atoms with E-state index in [1.807, 2.05) is 18.2 Å². The van der Waals surface area contributed by atoms with Crippen molar-refractivity contribution in [1.29, 1.82) is 0 Å². The van der Waals surface area contributed by atoms with E-state index in [1.54, 1.807) is 0 Å². The molecule has 1 fully saturated rings. The van der Waals surface area contributed by atoms with Crippen LogP contribution in [0.25, 0.3) is 0 Å². The number of rotatable bonds is 6. The van der Waals surface area contributed by atoms with Gasteiger partial charge in [0.15, 0.2) is 11.5 Å². The predicted octanol–water partition coefficient (Wildman–Crippen LogP) is 2.69. The number of hydrogen-bond acceptors (Lipinski definition) is 5. The molecule has 0 radical (unpaired) electrons. The zero-order chi connectivity index (χ0) is 16.9. The summed E-state index contributed by atoms with van der Waals surface area (Å²) < 4.78 is 10.8. The normalized spacial score (nSPS) is 19.8. The Kier molecular flexibility index (Phi) is 5.04. The summed E-state index contributed by atoms with van der Waals surface area (Å²) in [6.45, 7) is 5.56. The van der Waals surface area contributed by atoms with Gasteiger partial charge >= 0.3 is 0 Å². The minimum absolute atomic E-state index is 0.321. The summed E-state index contributed by atoms with van der Waals surface area (Å²) >= 11 is 0. The van der Waals surface area contributed by atoms with E-state index in [0.29, 0.717) is 12.8 Å². The Labute approximate surface area is 148 Å². The molecule has 0 amide bonds. The first kappa shape index (κ1) is 16.2. The van der Waals surface area contributed by atoms with Crippen molar-refractivity contribution in [3.05, 3.63) is 54.1 Å². The molecule has 132 valence electrons. The third kappa shape index (κ3) is 4.24. The number of nitrogens with one attached hydrogen (secondary N) is 2. The number of nitrogens with zero attached hydrogens (tertiary/aromatic N) is 1. The van der Waals surface area contributed by atoms with Crippen molar-refractivity contribution >= 4 is 5.69 Å². The molecule has 1 atom stereocenters. The van der Waals surface area contributed by atoms with Gasteiger partial charge in [0.25, 0.3) is 0 Å². The minimum Gasteiger partial charge on any atom is -0.454 e. The van der Waals surface area contributed by atoms with Gasteiger partial charge in [-0.05, 0) is 24.1 Å². The molecule has 25 heavy (non-hydrogen) atoms. The van der Waals surface area contributed by atoms with Crippen molar-refractivity contribution in [2.75, 3.05) is 38.3 Å². The Balaban J connectivity index is 1.24. The third-order valence-corrected chi connectivity index (χ3v) is 4.78. The maximum Gasteiger partial charge on any atom is 0.231 e. The van der Waals surface area contributed by atoms with Gasteiger partial charge in [-0.25, -0.2) is 0 Å². The van der Waals surface area contributed by atoms with Gasteiger partial charge in [0.05, 0.1) is 0 Å². The number of fused-ring (bicyclic) bond motifs is 1. The summed E-state index contributed by atoms with van der Waals surface area (Å²) in [5.41, 5.74) is 2.47. The van der Waals surface area contributed by atoms with Crippen LogP contribution in [0.1, 0.15) is 12.0 Å². The molecule has 2 aliphatic heterocycles. The van der Waals surface area contributed by atoms with Crippen LogP contribution in [-0.4, -0.2) is 43.9 Å². The third-order valence-electron chi connectivity index (χ3n) is 4.78. The predicted molar refractivity (Wildman–Crippen MR) is 99.2 cm³/mol. The fraction of sp³-hybridized carbons (Fsp3) is 0.400. The monoisotopic (exact) mass is 339 g/mol. The van der Waals surface area contributed by atoms with E-state index in [-0.39, 0.29) is 0 Å². The van der Waals surface area contributed by atoms with Crippen LogP contribution in [0.3, 0.4) is 0 Å². The van der Waals surface area contributed by atoms with E-state index in [0.717, 1.165) is 56.3 Å². The standard InChI is InChI=1S/C20H25N3O2/c1-2-4-16(5-3-1)13-23-11-10-22-18(14-23)8-9-21-17-6-7-19-20(12-17)25-15-24-19/h1-7,12,18,21-22H,8-11,13-15H2/t18-/m1/s1. The molecule has 0 bridgehead atoms. The van der Waals surface area contributed by atoms with Crippen molar-refractivity contribution < 1.29 is 9.47 Å². The molecule has 2 aromatic rings. The summed E-state index contributed by atoms with van der Waals surface area (Å²) in [5, 5.41) is 7.13. The SMILES string of the molecule is c1ccc(CN2CCN[C@H](CCNc3ccc4c(c3)OCO4)C2)cc1. The summed E-state index contributed by atoms with van der Waals surface area (Å²) in [6, 6.07) is 17.3. The molecule has 0 aliphatic carbocycles. The van der Waals surface area contributed by atoms with Crippen molar-refractivity contribution in [1.82, 2.24) is 10.2 Å². The van der Waals surface area contributed by atoms with Crippen LogP contribution in [0.4, 0.5) is 5.69 Å². The molecule has 0 saturated carbocycles. The van der Waals surface area contributed by atoms with E-state index in [2.05, 4.69) is 45.9 Å². The second-order valence-corrected chi connectivity index (χ2v) is 6.66. The largest absolute Gasteiger partial charge is 0.454 e. The number of ether oxygens (including phenoxy) is 2. The highest BCUT2D eigenvalue weighted by Gasteiger charge is 2.19. The Morgan fingerprint density at radius 1 is 1.08 bits per heavy atom. The number of benzene rings is 2. The fourth-order valence-corrected chi connectivity index (χ4v) is 3.47. The van der Waals surface area contributed by atoms with Gasteiger partial charge in [0.1, 0.15) is 0 Å². The van der Waals surface area contributed by atoms with E-state index in [9.17, 15) is 0 Å². The van der Waals surface area contributed by atoms with Crippen LogP contribution in [0.15, 0.2) is 48.5 Å². The molecule has 5 heteroatoms. The lowest BCUT2D eigenvalue weighted by atomic mass is 10.1. The van der Waals surface area contributed by atoms with E-state index in [4.69, 9.17) is 9.47 Å². The maximum absolute atomic E-state index is 5.42. The van der Waals surface area contributed by atoms with Crippen LogP contribution in [-0.2, 0) is 6.54 Å². The summed E-state index contributed by atoms with van der Waals surface area (Å²) in [6.07, 6.45) is 1.10. The number of anilines is 1. The van der Waals surface area contributed by atoms with Gasteiger partial charge in [0.2, 0.25) is 6.79 Å². The average Bonchev–Trinajstić information content (AvgIpc) is 3.11. The smallest absolute Gasteiger partial charge is 0.231 e. The van der Waals surface area contributed by atoms with Crippen LogP contribution in [0.2, 0.25) is 0 Å². The fourth-order valence-electron chi connectivity index (χ4n) is 3.47. The van der Waals surface area contributed by atoms with Gasteiger partial charge < -0.3 is 20.1 Å². The van der Waals surface area contributed by atoms with E-state index < -0.39 is 0 Å². The Morgan fingerprint density at radius 3 is 2.88 bits per heavy atom. The molecule has 1 saturated heterocycles. The molecule has 2 aromatic carbocycles.